The van der Waals surface area contributed by atoms with E-state index in [-0.39, 0.29) is 0 Å². The summed E-state index contributed by atoms with van der Waals surface area (Å²) in [6, 6.07) is 6.48. The maximum absolute atomic E-state index is 3.46. The Bertz CT molecular complexity index is 287. The molecular formula is C8H9BrNP. The van der Waals surface area contributed by atoms with Gasteiger partial charge in [-0.05, 0) is 23.3 Å². The van der Waals surface area contributed by atoms with Gasteiger partial charge in [-0.15, -0.1) is 0 Å². The summed E-state index contributed by atoms with van der Waals surface area (Å²) in [6.07, 6.45) is 0. The van der Waals surface area contributed by atoms with Gasteiger partial charge in [-0.2, -0.15) is 0 Å². The Labute approximate surface area is 77.2 Å². The first-order valence-corrected chi connectivity index (χ1v) is 4.83. The van der Waals surface area contributed by atoms with Crippen LogP contribution in [0.4, 0.5) is 0 Å². The fourth-order valence-corrected chi connectivity index (χ4v) is 2.19. The summed E-state index contributed by atoms with van der Waals surface area (Å²) in [6.45, 7) is 2.12. The molecule has 1 aliphatic rings. The second-order valence-electron chi connectivity index (χ2n) is 2.82. The summed E-state index contributed by atoms with van der Waals surface area (Å²) in [5.74, 6) is 0. The Kier molecular flexibility index (Phi) is 2.00. The summed E-state index contributed by atoms with van der Waals surface area (Å²) >= 11 is 3.46. The molecule has 1 aromatic carbocycles. The van der Waals surface area contributed by atoms with Crippen molar-refractivity contribution in [2.75, 3.05) is 0 Å². The summed E-state index contributed by atoms with van der Waals surface area (Å²) in [5, 5.41) is 0. The molecule has 1 heterocycles. The third kappa shape index (κ3) is 1.48. The minimum atomic E-state index is 1.06. The van der Waals surface area contributed by atoms with Crippen molar-refractivity contribution in [3.8, 4) is 0 Å². The van der Waals surface area contributed by atoms with E-state index in [2.05, 4.69) is 48.2 Å². The Morgan fingerprint density at radius 2 is 2.00 bits per heavy atom. The first kappa shape index (κ1) is 7.72. The molecule has 1 atom stereocenters. The molecule has 0 radical (unpaired) electrons. The van der Waals surface area contributed by atoms with Crippen LogP contribution < -0.4 is 0 Å². The van der Waals surface area contributed by atoms with Gasteiger partial charge in [0.2, 0.25) is 0 Å². The van der Waals surface area contributed by atoms with E-state index in [0.717, 1.165) is 13.1 Å². The number of halogens is 1. The standard InChI is InChI=1S/C8H9BrNP/c9-8-2-1-6-4-10(11)5-7(6)3-8/h1-3H,4-5,11H2. The maximum Gasteiger partial charge on any atom is 0.0275 e. The molecule has 1 unspecified atom stereocenters. The summed E-state index contributed by atoms with van der Waals surface area (Å²) in [4.78, 5) is 0. The number of rotatable bonds is 0. The van der Waals surface area contributed by atoms with Crippen LogP contribution in [-0.4, -0.2) is 4.67 Å². The highest BCUT2D eigenvalue weighted by atomic mass is 79.9. The normalized spacial score (nSPS) is 16.9. The molecule has 11 heavy (non-hydrogen) atoms. The Hall–Kier alpha value is 0.0900. The van der Waals surface area contributed by atoms with E-state index in [1.165, 1.54) is 15.6 Å². The number of hydrogen-bond donors (Lipinski definition) is 0. The minimum absolute atomic E-state index is 1.06. The van der Waals surface area contributed by atoms with Crippen molar-refractivity contribution in [3.63, 3.8) is 0 Å². The van der Waals surface area contributed by atoms with E-state index in [1.54, 1.807) is 0 Å². The highest BCUT2D eigenvalue weighted by Crippen LogP contribution is 2.27. The first-order valence-electron chi connectivity index (χ1n) is 3.52. The molecule has 0 saturated heterocycles. The van der Waals surface area contributed by atoms with Crippen molar-refractivity contribution in [1.29, 1.82) is 0 Å². The van der Waals surface area contributed by atoms with Gasteiger partial charge in [0.05, 0.1) is 0 Å². The van der Waals surface area contributed by atoms with Crippen molar-refractivity contribution in [2.45, 2.75) is 13.1 Å². The van der Waals surface area contributed by atoms with Crippen LogP contribution in [0.2, 0.25) is 0 Å². The van der Waals surface area contributed by atoms with Gasteiger partial charge in [-0.1, -0.05) is 31.4 Å². The van der Waals surface area contributed by atoms with Gasteiger partial charge in [0, 0.05) is 17.6 Å². The SMILES string of the molecule is PN1Cc2ccc(Br)cc2C1. The van der Waals surface area contributed by atoms with Crippen molar-refractivity contribution in [2.24, 2.45) is 0 Å². The van der Waals surface area contributed by atoms with Gasteiger partial charge in [-0.25, -0.2) is 0 Å². The van der Waals surface area contributed by atoms with Gasteiger partial charge in [0.15, 0.2) is 0 Å². The lowest BCUT2D eigenvalue weighted by atomic mass is 10.1. The molecule has 0 bridgehead atoms. The lowest BCUT2D eigenvalue weighted by Gasteiger charge is -2.02. The lowest BCUT2D eigenvalue weighted by molar-refractivity contribution is 0.508. The fraction of sp³-hybridized carbons (Fsp3) is 0.250. The quantitative estimate of drug-likeness (QED) is 0.619. The number of hydrogen-bond acceptors (Lipinski definition) is 1. The molecule has 2 rings (SSSR count). The molecule has 0 aliphatic carbocycles. The maximum atomic E-state index is 3.46. The first-order chi connectivity index (χ1) is 5.25. The van der Waals surface area contributed by atoms with Gasteiger partial charge in [-0.3, -0.25) is 4.67 Å². The van der Waals surface area contributed by atoms with Crippen LogP contribution in [0.3, 0.4) is 0 Å². The van der Waals surface area contributed by atoms with E-state index >= 15 is 0 Å². The molecule has 0 aromatic heterocycles. The average molecular weight is 230 g/mol. The monoisotopic (exact) mass is 229 g/mol. The third-order valence-corrected chi connectivity index (χ3v) is 2.77. The molecule has 1 aromatic rings. The van der Waals surface area contributed by atoms with Crippen LogP contribution >= 0.6 is 25.3 Å². The van der Waals surface area contributed by atoms with E-state index in [9.17, 15) is 0 Å². The average Bonchev–Trinajstić information content (AvgIpc) is 2.27. The van der Waals surface area contributed by atoms with Gasteiger partial charge in [0.1, 0.15) is 0 Å². The molecule has 0 spiro atoms. The largest absolute Gasteiger partial charge is 0.279 e. The molecule has 1 aliphatic heterocycles. The molecule has 1 nitrogen and oxygen atoms in total. The van der Waals surface area contributed by atoms with Crippen molar-refractivity contribution >= 4 is 25.3 Å². The Morgan fingerprint density at radius 3 is 2.82 bits per heavy atom. The summed E-state index contributed by atoms with van der Waals surface area (Å²) in [7, 11) is 2.73. The van der Waals surface area contributed by atoms with Gasteiger partial charge < -0.3 is 0 Å². The van der Waals surface area contributed by atoms with Crippen molar-refractivity contribution < 1.29 is 0 Å². The topological polar surface area (TPSA) is 3.24 Å². The molecular weight excluding hydrogens is 221 g/mol. The zero-order valence-electron chi connectivity index (χ0n) is 6.05. The molecule has 0 saturated carbocycles. The van der Waals surface area contributed by atoms with E-state index < -0.39 is 0 Å². The molecule has 58 valence electrons. The Balaban J connectivity index is 2.43. The third-order valence-electron chi connectivity index (χ3n) is 1.92. The molecule has 0 amide bonds. The summed E-state index contributed by atoms with van der Waals surface area (Å²) < 4.78 is 3.41. The van der Waals surface area contributed by atoms with Crippen molar-refractivity contribution in [1.82, 2.24) is 4.67 Å². The predicted octanol–water partition coefficient (Wildman–Crippen LogP) is 2.55. The highest BCUT2D eigenvalue weighted by Gasteiger charge is 2.14. The van der Waals surface area contributed by atoms with E-state index in [1.807, 2.05) is 0 Å². The van der Waals surface area contributed by atoms with Crippen LogP contribution in [0.1, 0.15) is 11.1 Å². The van der Waals surface area contributed by atoms with Gasteiger partial charge >= 0.3 is 0 Å². The van der Waals surface area contributed by atoms with Gasteiger partial charge in [0.25, 0.3) is 0 Å². The smallest absolute Gasteiger partial charge is 0.0275 e. The molecule has 0 fully saturated rings. The van der Waals surface area contributed by atoms with Crippen LogP contribution in [0, 0.1) is 0 Å². The second-order valence-corrected chi connectivity index (χ2v) is 4.46. The molecule has 0 N–H and O–H groups in total. The van der Waals surface area contributed by atoms with Crippen LogP contribution in [0.15, 0.2) is 22.7 Å². The second kappa shape index (κ2) is 2.85. The van der Waals surface area contributed by atoms with Crippen molar-refractivity contribution in [3.05, 3.63) is 33.8 Å². The number of benzene rings is 1. The molecule has 3 heteroatoms. The van der Waals surface area contributed by atoms with Crippen LogP contribution in [0.5, 0.6) is 0 Å². The predicted molar refractivity (Wildman–Crippen MR) is 53.1 cm³/mol. The number of fused-ring (bicyclic) bond motifs is 1. The minimum Gasteiger partial charge on any atom is -0.279 e. The number of nitrogens with zero attached hydrogens (tertiary/aromatic N) is 1. The zero-order chi connectivity index (χ0) is 7.84. The van der Waals surface area contributed by atoms with E-state index in [4.69, 9.17) is 0 Å². The zero-order valence-corrected chi connectivity index (χ0v) is 8.79. The summed E-state index contributed by atoms with van der Waals surface area (Å²) in [5.41, 5.74) is 2.89. The van der Waals surface area contributed by atoms with E-state index in [0.29, 0.717) is 0 Å². The highest BCUT2D eigenvalue weighted by molar-refractivity contribution is 9.10. The Morgan fingerprint density at radius 1 is 1.27 bits per heavy atom. The fourth-order valence-electron chi connectivity index (χ4n) is 1.39. The van der Waals surface area contributed by atoms with Crippen LogP contribution in [-0.2, 0) is 13.1 Å². The lowest BCUT2D eigenvalue weighted by Crippen LogP contribution is -1.97. The van der Waals surface area contributed by atoms with Crippen LogP contribution in [0.25, 0.3) is 0 Å².